The molecule has 1 amide bonds. The van der Waals surface area contributed by atoms with Crippen LogP contribution in [0.25, 0.3) is 0 Å². The lowest BCUT2D eigenvalue weighted by Crippen LogP contribution is -2.38. The molecule has 0 radical (unpaired) electrons. The zero-order valence-corrected chi connectivity index (χ0v) is 16.2. The van der Waals surface area contributed by atoms with Gasteiger partial charge in [-0.3, -0.25) is 4.79 Å². The number of nitrogens with one attached hydrogen (secondary N) is 1. The number of benzene rings is 3. The van der Waals surface area contributed by atoms with Crippen LogP contribution < -0.4 is 10.1 Å². The van der Waals surface area contributed by atoms with Crippen molar-refractivity contribution in [2.75, 3.05) is 5.32 Å². The Hall–Kier alpha value is -3.14. The van der Waals surface area contributed by atoms with Crippen molar-refractivity contribution in [1.82, 2.24) is 0 Å². The molecule has 1 saturated carbocycles. The highest BCUT2D eigenvalue weighted by molar-refractivity contribution is 5.99. The maximum atomic E-state index is 14.5. The molecule has 0 aliphatic heterocycles. The van der Waals surface area contributed by atoms with Gasteiger partial charge in [0.05, 0.1) is 5.41 Å². The molecule has 0 unspecified atom stereocenters. The quantitative estimate of drug-likeness (QED) is 0.574. The van der Waals surface area contributed by atoms with E-state index in [4.69, 9.17) is 4.74 Å². The Morgan fingerprint density at radius 2 is 1.55 bits per heavy atom. The molecule has 0 saturated heterocycles. The smallest absolute Gasteiger partial charge is 0.235 e. The fourth-order valence-electron chi connectivity index (χ4n) is 4.07. The summed E-state index contributed by atoms with van der Waals surface area (Å²) in [5, 5.41) is 2.99. The van der Waals surface area contributed by atoms with E-state index in [0.717, 1.165) is 24.2 Å². The second-order valence-electron chi connectivity index (χ2n) is 7.52. The Labute approximate surface area is 170 Å². The minimum atomic E-state index is -0.798. The van der Waals surface area contributed by atoms with Crippen LogP contribution in [0.3, 0.4) is 0 Å². The van der Waals surface area contributed by atoms with Gasteiger partial charge < -0.3 is 10.1 Å². The number of anilines is 1. The monoisotopic (exact) mass is 389 g/mol. The SMILES string of the molecule is O=C(Nc1ccc(OCc2ccccc2)cc1)C1(c2ccccc2F)CCCC1. The van der Waals surface area contributed by atoms with Gasteiger partial charge in [-0.05, 0) is 48.7 Å². The van der Waals surface area contributed by atoms with Gasteiger partial charge in [0.1, 0.15) is 18.2 Å². The summed E-state index contributed by atoms with van der Waals surface area (Å²) >= 11 is 0. The molecule has 3 aromatic carbocycles. The first kappa shape index (κ1) is 19.2. The summed E-state index contributed by atoms with van der Waals surface area (Å²) in [4.78, 5) is 13.2. The van der Waals surface area contributed by atoms with E-state index in [0.29, 0.717) is 30.7 Å². The van der Waals surface area contributed by atoms with E-state index in [1.807, 2.05) is 54.6 Å². The van der Waals surface area contributed by atoms with Crippen LogP contribution in [-0.4, -0.2) is 5.91 Å². The summed E-state index contributed by atoms with van der Waals surface area (Å²) in [7, 11) is 0. The van der Waals surface area contributed by atoms with Crippen molar-refractivity contribution in [3.8, 4) is 5.75 Å². The average Bonchev–Trinajstić information content (AvgIpc) is 3.25. The number of hydrogen-bond acceptors (Lipinski definition) is 2. The van der Waals surface area contributed by atoms with Crippen LogP contribution in [0.1, 0.15) is 36.8 Å². The molecule has 4 rings (SSSR count). The summed E-state index contributed by atoms with van der Waals surface area (Å²) in [6.45, 7) is 0.489. The third-order valence-electron chi connectivity index (χ3n) is 5.64. The molecule has 1 fully saturated rings. The molecular weight excluding hydrogens is 365 g/mol. The van der Waals surface area contributed by atoms with E-state index in [1.54, 1.807) is 18.2 Å². The minimum absolute atomic E-state index is 0.141. The zero-order chi connectivity index (χ0) is 20.1. The first-order chi connectivity index (χ1) is 14.2. The van der Waals surface area contributed by atoms with E-state index in [9.17, 15) is 9.18 Å². The summed E-state index contributed by atoms with van der Waals surface area (Å²) in [5.74, 6) is 0.281. The molecule has 0 heterocycles. The van der Waals surface area contributed by atoms with Gasteiger partial charge in [-0.15, -0.1) is 0 Å². The number of carbonyl (C=O) groups is 1. The molecule has 1 N–H and O–H groups in total. The van der Waals surface area contributed by atoms with Gasteiger partial charge in [0.15, 0.2) is 0 Å². The number of hydrogen-bond donors (Lipinski definition) is 1. The minimum Gasteiger partial charge on any atom is -0.489 e. The van der Waals surface area contributed by atoms with E-state index >= 15 is 0 Å². The third kappa shape index (κ3) is 4.16. The van der Waals surface area contributed by atoms with Crippen molar-refractivity contribution in [2.45, 2.75) is 37.7 Å². The molecule has 148 valence electrons. The Morgan fingerprint density at radius 1 is 0.897 bits per heavy atom. The van der Waals surface area contributed by atoms with E-state index in [2.05, 4.69) is 5.32 Å². The lowest BCUT2D eigenvalue weighted by molar-refractivity contribution is -0.121. The molecule has 4 heteroatoms. The summed E-state index contributed by atoms with van der Waals surface area (Å²) in [6.07, 6.45) is 3.18. The summed E-state index contributed by atoms with van der Waals surface area (Å²) < 4.78 is 20.3. The maximum absolute atomic E-state index is 14.5. The number of amides is 1. The molecular formula is C25H24FNO2. The standard InChI is InChI=1S/C25H24FNO2/c26-23-11-5-4-10-22(23)25(16-6-7-17-25)24(28)27-20-12-14-21(15-13-20)29-18-19-8-2-1-3-9-19/h1-5,8-15H,6-7,16-18H2,(H,27,28). The lowest BCUT2D eigenvalue weighted by atomic mass is 9.77. The fraction of sp³-hybridized carbons (Fsp3) is 0.240. The number of halogens is 1. The summed E-state index contributed by atoms with van der Waals surface area (Å²) in [6, 6.07) is 23.9. The van der Waals surface area contributed by atoms with Crippen molar-refractivity contribution in [3.63, 3.8) is 0 Å². The third-order valence-corrected chi connectivity index (χ3v) is 5.64. The highest BCUT2D eigenvalue weighted by atomic mass is 19.1. The molecule has 29 heavy (non-hydrogen) atoms. The van der Waals surface area contributed by atoms with E-state index in [-0.39, 0.29) is 11.7 Å². The maximum Gasteiger partial charge on any atom is 0.235 e. The molecule has 0 spiro atoms. The van der Waals surface area contributed by atoms with Crippen LogP contribution in [0.15, 0.2) is 78.9 Å². The first-order valence-electron chi connectivity index (χ1n) is 10.0. The molecule has 3 aromatic rings. The van der Waals surface area contributed by atoms with Crippen LogP contribution in [-0.2, 0) is 16.8 Å². The molecule has 1 aliphatic rings. The van der Waals surface area contributed by atoms with Crippen LogP contribution in [0, 0.1) is 5.82 Å². The van der Waals surface area contributed by atoms with Crippen molar-refractivity contribution >= 4 is 11.6 Å². The molecule has 0 atom stereocenters. The number of ether oxygens (including phenoxy) is 1. The van der Waals surface area contributed by atoms with Crippen LogP contribution in [0.5, 0.6) is 5.75 Å². The largest absolute Gasteiger partial charge is 0.489 e. The first-order valence-corrected chi connectivity index (χ1v) is 10.0. The Balaban J connectivity index is 1.45. The van der Waals surface area contributed by atoms with Gasteiger partial charge in [-0.25, -0.2) is 4.39 Å². The highest BCUT2D eigenvalue weighted by Crippen LogP contribution is 2.43. The Morgan fingerprint density at radius 3 is 2.24 bits per heavy atom. The predicted octanol–water partition coefficient (Wildman–Crippen LogP) is 5.86. The van der Waals surface area contributed by atoms with Gasteiger partial charge in [-0.1, -0.05) is 61.4 Å². The van der Waals surface area contributed by atoms with Gasteiger partial charge in [0, 0.05) is 11.3 Å². The Bertz CT molecular complexity index is 964. The highest BCUT2D eigenvalue weighted by Gasteiger charge is 2.44. The van der Waals surface area contributed by atoms with Gasteiger partial charge in [-0.2, -0.15) is 0 Å². The van der Waals surface area contributed by atoms with Gasteiger partial charge in [0.25, 0.3) is 0 Å². The molecule has 0 bridgehead atoms. The lowest BCUT2D eigenvalue weighted by Gasteiger charge is -2.28. The number of rotatable bonds is 6. The predicted molar refractivity (Wildman–Crippen MR) is 112 cm³/mol. The second kappa shape index (κ2) is 8.48. The Kier molecular flexibility index (Phi) is 5.61. The van der Waals surface area contributed by atoms with Crippen LogP contribution in [0.4, 0.5) is 10.1 Å². The number of carbonyl (C=O) groups excluding carboxylic acids is 1. The van der Waals surface area contributed by atoms with Crippen molar-refractivity contribution in [2.24, 2.45) is 0 Å². The van der Waals surface area contributed by atoms with Crippen LogP contribution >= 0.6 is 0 Å². The second-order valence-corrected chi connectivity index (χ2v) is 7.52. The summed E-state index contributed by atoms with van der Waals surface area (Å²) in [5.41, 5.74) is 1.48. The average molecular weight is 389 g/mol. The van der Waals surface area contributed by atoms with Crippen molar-refractivity contribution in [1.29, 1.82) is 0 Å². The van der Waals surface area contributed by atoms with E-state index in [1.165, 1.54) is 6.07 Å². The molecule has 0 aromatic heterocycles. The van der Waals surface area contributed by atoms with Crippen LogP contribution in [0.2, 0.25) is 0 Å². The zero-order valence-electron chi connectivity index (χ0n) is 16.2. The van der Waals surface area contributed by atoms with Crippen molar-refractivity contribution < 1.29 is 13.9 Å². The molecule has 1 aliphatic carbocycles. The van der Waals surface area contributed by atoms with Gasteiger partial charge in [0.2, 0.25) is 5.91 Å². The van der Waals surface area contributed by atoms with Gasteiger partial charge >= 0.3 is 0 Å². The molecule has 3 nitrogen and oxygen atoms in total. The van der Waals surface area contributed by atoms with E-state index < -0.39 is 5.41 Å². The van der Waals surface area contributed by atoms with Crippen molar-refractivity contribution in [3.05, 3.63) is 95.8 Å². The normalized spacial score (nSPS) is 15.1. The topological polar surface area (TPSA) is 38.3 Å². The fourth-order valence-corrected chi connectivity index (χ4v) is 4.07.